The van der Waals surface area contributed by atoms with E-state index in [1.54, 1.807) is 6.92 Å². The average Bonchev–Trinajstić information content (AvgIpc) is 2.53. The third kappa shape index (κ3) is 3.69. The number of carbonyl (C=O) groups is 1. The summed E-state index contributed by atoms with van der Waals surface area (Å²) in [5.74, 6) is -1.82. The van der Waals surface area contributed by atoms with Crippen LogP contribution in [0.3, 0.4) is 0 Å². The molecule has 0 saturated heterocycles. The first-order valence-corrected chi connectivity index (χ1v) is 9.83. The van der Waals surface area contributed by atoms with Gasteiger partial charge in [0, 0.05) is 11.3 Å². The zero-order valence-electron chi connectivity index (χ0n) is 14.4. The molecule has 0 radical (unpaired) electrons. The largest absolute Gasteiger partial charge is 0.463 e. The lowest BCUT2D eigenvalue weighted by Gasteiger charge is -2.28. The third-order valence-electron chi connectivity index (χ3n) is 3.79. The molecule has 0 fully saturated rings. The number of nitrogens with zero attached hydrogens (tertiary/aromatic N) is 1. The molecule has 1 aromatic rings. The van der Waals surface area contributed by atoms with Gasteiger partial charge in [-0.15, -0.1) is 0 Å². The van der Waals surface area contributed by atoms with E-state index in [2.05, 4.69) is 0 Å². The molecular formula is C17H17ClN2O5S. The lowest BCUT2D eigenvalue weighted by molar-refractivity contribution is -0.139. The highest BCUT2D eigenvalue weighted by molar-refractivity contribution is 7.90. The topological polar surface area (TPSA) is 119 Å². The van der Waals surface area contributed by atoms with Crippen molar-refractivity contribution < 1.29 is 22.7 Å². The van der Waals surface area contributed by atoms with Crippen LogP contribution in [0.25, 0.3) is 0 Å². The Hall–Kier alpha value is -2.50. The first-order chi connectivity index (χ1) is 12.1. The summed E-state index contributed by atoms with van der Waals surface area (Å²) in [6.45, 7) is 3.23. The number of sulfone groups is 1. The van der Waals surface area contributed by atoms with Crippen molar-refractivity contribution in [1.82, 2.24) is 0 Å². The molecule has 1 heterocycles. The average molecular weight is 397 g/mol. The Morgan fingerprint density at radius 1 is 1.46 bits per heavy atom. The van der Waals surface area contributed by atoms with Crippen LogP contribution >= 0.6 is 11.6 Å². The van der Waals surface area contributed by atoms with Crippen LogP contribution < -0.4 is 5.73 Å². The van der Waals surface area contributed by atoms with Crippen molar-refractivity contribution >= 4 is 27.4 Å². The summed E-state index contributed by atoms with van der Waals surface area (Å²) in [5, 5.41) is 9.74. The first kappa shape index (κ1) is 19.8. The van der Waals surface area contributed by atoms with Crippen molar-refractivity contribution in [2.75, 3.05) is 12.9 Å². The fraction of sp³-hybridized carbons (Fsp3) is 0.294. The molecule has 1 aliphatic rings. The molecule has 1 atom stereocenters. The second-order valence-corrected chi connectivity index (χ2v) is 7.99. The Bertz CT molecular complexity index is 973. The summed E-state index contributed by atoms with van der Waals surface area (Å²) in [5.41, 5.74) is 5.94. The number of benzene rings is 1. The van der Waals surface area contributed by atoms with Crippen LogP contribution in [0.2, 0.25) is 5.02 Å². The van der Waals surface area contributed by atoms with E-state index < -0.39 is 21.7 Å². The summed E-state index contributed by atoms with van der Waals surface area (Å²) in [6, 6.07) is 6.10. The molecule has 26 heavy (non-hydrogen) atoms. The SMILES string of the molecule is CCOC(=O)C1=C(C)OC(N)=C(C#N)C1c1ccc(Cl)cc1S(C)(=O)=O. The van der Waals surface area contributed by atoms with Crippen molar-refractivity contribution in [3.63, 3.8) is 0 Å². The molecule has 1 unspecified atom stereocenters. The molecule has 7 nitrogen and oxygen atoms in total. The Labute approximate surface area is 156 Å². The Kier molecular flexibility index (Phi) is 5.64. The fourth-order valence-electron chi connectivity index (χ4n) is 2.73. The van der Waals surface area contributed by atoms with Crippen molar-refractivity contribution in [2.45, 2.75) is 24.7 Å². The van der Waals surface area contributed by atoms with Crippen LogP contribution in [0.15, 0.2) is 45.9 Å². The molecule has 0 spiro atoms. The quantitative estimate of drug-likeness (QED) is 0.775. The van der Waals surface area contributed by atoms with Crippen LogP contribution in [0.4, 0.5) is 0 Å². The van der Waals surface area contributed by atoms with Crippen LogP contribution in [0.5, 0.6) is 0 Å². The predicted molar refractivity (Wildman–Crippen MR) is 94.5 cm³/mol. The van der Waals surface area contributed by atoms with Crippen molar-refractivity contribution in [3.8, 4) is 6.07 Å². The number of halogens is 1. The van der Waals surface area contributed by atoms with Crippen molar-refractivity contribution in [2.24, 2.45) is 5.73 Å². The molecule has 0 saturated carbocycles. The summed E-state index contributed by atoms with van der Waals surface area (Å²) < 4.78 is 34.9. The normalized spacial score (nSPS) is 17.6. The molecule has 138 valence electrons. The number of carbonyl (C=O) groups excluding carboxylic acids is 1. The third-order valence-corrected chi connectivity index (χ3v) is 5.17. The smallest absolute Gasteiger partial charge is 0.338 e. The highest BCUT2D eigenvalue weighted by Crippen LogP contribution is 2.42. The van der Waals surface area contributed by atoms with Gasteiger partial charge < -0.3 is 15.2 Å². The molecule has 1 aliphatic heterocycles. The number of rotatable bonds is 4. The van der Waals surface area contributed by atoms with Gasteiger partial charge in [0.2, 0.25) is 5.88 Å². The first-order valence-electron chi connectivity index (χ1n) is 7.56. The Balaban J connectivity index is 2.83. The number of hydrogen-bond acceptors (Lipinski definition) is 7. The summed E-state index contributed by atoms with van der Waals surface area (Å²) in [6.07, 6.45) is 1.02. The Morgan fingerprint density at radius 3 is 2.65 bits per heavy atom. The zero-order chi connectivity index (χ0) is 19.6. The van der Waals surface area contributed by atoms with Gasteiger partial charge in [-0.05, 0) is 31.5 Å². The van der Waals surface area contributed by atoms with Crippen LogP contribution in [0.1, 0.15) is 25.3 Å². The van der Waals surface area contributed by atoms with Gasteiger partial charge in [-0.1, -0.05) is 17.7 Å². The van der Waals surface area contributed by atoms with Gasteiger partial charge in [0.05, 0.1) is 23.0 Å². The molecule has 0 aromatic heterocycles. The minimum Gasteiger partial charge on any atom is -0.463 e. The number of nitrogens with two attached hydrogens (primary N) is 1. The Morgan fingerprint density at radius 2 is 2.12 bits per heavy atom. The van der Waals surface area contributed by atoms with Crippen molar-refractivity contribution in [1.29, 1.82) is 5.26 Å². The molecule has 0 amide bonds. The van der Waals surface area contributed by atoms with E-state index in [4.69, 9.17) is 26.8 Å². The van der Waals surface area contributed by atoms with Gasteiger partial charge in [0.25, 0.3) is 0 Å². The molecule has 9 heteroatoms. The van der Waals surface area contributed by atoms with Gasteiger partial charge in [-0.25, -0.2) is 13.2 Å². The molecule has 2 rings (SSSR count). The van der Waals surface area contributed by atoms with Gasteiger partial charge in [-0.3, -0.25) is 0 Å². The van der Waals surface area contributed by atoms with E-state index in [0.717, 1.165) is 6.26 Å². The molecular weight excluding hydrogens is 380 g/mol. The predicted octanol–water partition coefficient (Wildman–Crippen LogP) is 2.39. The second kappa shape index (κ2) is 7.40. The maximum Gasteiger partial charge on any atom is 0.338 e. The van der Waals surface area contributed by atoms with E-state index in [1.165, 1.54) is 25.1 Å². The van der Waals surface area contributed by atoms with E-state index in [1.807, 2.05) is 6.07 Å². The zero-order valence-corrected chi connectivity index (χ0v) is 15.9. The minimum absolute atomic E-state index is 0.0184. The van der Waals surface area contributed by atoms with Gasteiger partial charge in [0.1, 0.15) is 17.4 Å². The highest BCUT2D eigenvalue weighted by atomic mass is 35.5. The monoisotopic (exact) mass is 396 g/mol. The van der Waals surface area contributed by atoms with Gasteiger partial charge >= 0.3 is 5.97 Å². The standard InChI is InChI=1S/C17H17ClN2O5S/c1-4-24-17(21)14-9(2)25-16(20)12(8-19)15(14)11-6-5-10(18)7-13(11)26(3,22)23/h5-7,15H,4,20H2,1-3H3. The number of hydrogen-bond donors (Lipinski definition) is 1. The second-order valence-electron chi connectivity index (χ2n) is 5.57. The number of allylic oxidation sites excluding steroid dienone is 2. The molecule has 2 N–H and O–H groups in total. The summed E-state index contributed by atoms with van der Waals surface area (Å²) in [4.78, 5) is 12.4. The van der Waals surface area contributed by atoms with E-state index in [9.17, 15) is 18.5 Å². The van der Waals surface area contributed by atoms with E-state index >= 15 is 0 Å². The molecule has 1 aromatic carbocycles. The summed E-state index contributed by atoms with van der Waals surface area (Å²) >= 11 is 5.94. The van der Waals surface area contributed by atoms with Crippen molar-refractivity contribution in [3.05, 3.63) is 51.6 Å². The lowest BCUT2D eigenvalue weighted by atomic mass is 9.83. The maximum atomic E-state index is 12.5. The van der Waals surface area contributed by atoms with Crippen LogP contribution in [-0.4, -0.2) is 27.2 Å². The maximum absolute atomic E-state index is 12.5. The number of esters is 1. The van der Waals surface area contributed by atoms with E-state index in [-0.39, 0.29) is 44.9 Å². The van der Waals surface area contributed by atoms with Crippen LogP contribution in [0, 0.1) is 11.3 Å². The highest BCUT2D eigenvalue weighted by Gasteiger charge is 2.38. The lowest BCUT2D eigenvalue weighted by Crippen LogP contribution is -2.26. The molecule has 0 bridgehead atoms. The van der Waals surface area contributed by atoms with Gasteiger partial charge in [0.15, 0.2) is 9.84 Å². The fourth-order valence-corrected chi connectivity index (χ4v) is 3.93. The minimum atomic E-state index is -3.71. The van der Waals surface area contributed by atoms with Gasteiger partial charge in [-0.2, -0.15) is 5.26 Å². The molecule has 0 aliphatic carbocycles. The summed E-state index contributed by atoms with van der Waals surface area (Å²) in [7, 11) is -3.71. The van der Waals surface area contributed by atoms with Crippen LogP contribution in [-0.2, 0) is 24.1 Å². The number of nitriles is 1. The number of ether oxygens (including phenoxy) is 2. The van der Waals surface area contributed by atoms with E-state index in [0.29, 0.717) is 0 Å².